The van der Waals surface area contributed by atoms with E-state index >= 15 is 0 Å². The molecule has 0 bridgehead atoms. The third kappa shape index (κ3) is 2.94. The highest BCUT2D eigenvalue weighted by Crippen LogP contribution is 2.48. The zero-order valence-corrected chi connectivity index (χ0v) is 18.0. The van der Waals surface area contributed by atoms with Gasteiger partial charge < -0.3 is 4.43 Å². The monoisotopic (exact) mass is 366 g/mol. The third-order valence-electron chi connectivity index (χ3n) is 5.67. The van der Waals surface area contributed by atoms with Crippen molar-refractivity contribution in [3.63, 3.8) is 0 Å². The number of hydrogen-bond donors (Lipinski definition) is 0. The average molecular weight is 367 g/mol. The van der Waals surface area contributed by atoms with Gasteiger partial charge in [0.1, 0.15) is 5.75 Å². The van der Waals surface area contributed by atoms with E-state index in [0.29, 0.717) is 28.1 Å². The van der Waals surface area contributed by atoms with E-state index in [2.05, 4.69) is 41.5 Å². The first-order valence-corrected chi connectivity index (χ1v) is 11.5. The first-order chi connectivity index (χ1) is 10.9. The Morgan fingerprint density at radius 1 is 1.04 bits per heavy atom. The number of hydrogen-bond acceptors (Lipinski definition) is 2. The number of carbonyl (C=O) groups is 1. The van der Waals surface area contributed by atoms with E-state index in [1.54, 1.807) is 0 Å². The van der Waals surface area contributed by atoms with Gasteiger partial charge in [-0.15, -0.1) is 0 Å². The van der Waals surface area contributed by atoms with Gasteiger partial charge in [0.25, 0.3) is 8.32 Å². The van der Waals surface area contributed by atoms with E-state index in [0.717, 1.165) is 16.9 Å². The summed E-state index contributed by atoms with van der Waals surface area (Å²) in [6.07, 6.45) is 0.691. The highest BCUT2D eigenvalue weighted by Gasteiger charge is 2.49. The lowest BCUT2D eigenvalue weighted by Gasteiger charge is -2.42. The topological polar surface area (TPSA) is 26.3 Å². The molecule has 0 radical (unpaired) electrons. The number of carbonyl (C=O) groups excluding carboxylic acids is 1. The fourth-order valence-corrected chi connectivity index (χ4v) is 9.99. The molecule has 134 valence electrons. The Morgan fingerprint density at radius 3 is 2.00 bits per heavy atom. The molecule has 1 aromatic rings. The molecule has 0 saturated carbocycles. The molecule has 0 N–H and O–H groups in total. The van der Waals surface area contributed by atoms with Gasteiger partial charge in [-0.2, -0.15) is 0 Å². The normalized spacial score (nSPS) is 17.1. The summed E-state index contributed by atoms with van der Waals surface area (Å²) < 4.78 is 6.81. The van der Waals surface area contributed by atoms with Gasteiger partial charge >= 0.3 is 0 Å². The van der Waals surface area contributed by atoms with Crippen LogP contribution in [-0.2, 0) is 6.42 Å². The molecule has 24 heavy (non-hydrogen) atoms. The number of rotatable bonds is 5. The Kier molecular flexibility index (Phi) is 5.28. The van der Waals surface area contributed by atoms with Crippen LogP contribution in [0.5, 0.6) is 5.75 Å². The summed E-state index contributed by atoms with van der Waals surface area (Å²) in [6, 6.07) is 3.81. The summed E-state index contributed by atoms with van der Waals surface area (Å²) in [5, 5.41) is 0.683. The van der Waals surface area contributed by atoms with Crippen LogP contribution in [0, 0.1) is 5.41 Å². The van der Waals surface area contributed by atoms with Gasteiger partial charge in [0.2, 0.25) is 0 Å². The van der Waals surface area contributed by atoms with Crippen LogP contribution in [0.15, 0.2) is 12.1 Å². The van der Waals surface area contributed by atoms with Crippen molar-refractivity contribution in [3.05, 3.63) is 28.3 Å². The number of benzene rings is 1. The lowest BCUT2D eigenvalue weighted by atomic mass is 9.89. The molecule has 2 rings (SSSR count). The van der Waals surface area contributed by atoms with Crippen LogP contribution in [0.4, 0.5) is 0 Å². The summed E-state index contributed by atoms with van der Waals surface area (Å²) in [6.45, 7) is 17.5. The molecule has 0 spiro atoms. The highest BCUT2D eigenvalue weighted by molar-refractivity contribution is 6.78. The van der Waals surface area contributed by atoms with Crippen molar-refractivity contribution in [3.8, 4) is 5.75 Å². The average Bonchev–Trinajstić information content (AvgIpc) is 2.69. The van der Waals surface area contributed by atoms with Crippen molar-refractivity contribution >= 4 is 25.7 Å². The Hall–Kier alpha value is -0.803. The van der Waals surface area contributed by atoms with Gasteiger partial charge in [0.15, 0.2) is 5.78 Å². The maximum absolute atomic E-state index is 13.0. The quantitative estimate of drug-likeness (QED) is 0.544. The Balaban J connectivity index is 2.60. The smallest absolute Gasteiger partial charge is 0.258 e. The van der Waals surface area contributed by atoms with E-state index in [-0.39, 0.29) is 5.78 Å². The summed E-state index contributed by atoms with van der Waals surface area (Å²) in [5.41, 5.74) is 2.69. The van der Waals surface area contributed by atoms with Gasteiger partial charge in [0, 0.05) is 10.4 Å². The van der Waals surface area contributed by atoms with E-state index in [1.807, 2.05) is 26.0 Å². The van der Waals surface area contributed by atoms with Crippen molar-refractivity contribution in [1.29, 1.82) is 0 Å². The second-order valence-corrected chi connectivity index (χ2v) is 14.5. The summed E-state index contributed by atoms with van der Waals surface area (Å²) in [4.78, 5) is 13.0. The molecule has 0 heterocycles. The molecule has 0 atom stereocenters. The molecule has 1 aliphatic carbocycles. The SMILES string of the molecule is CC(C)[Si](Oc1ccc(Cl)c2c1C(=O)C(C)(C)C2)(C(C)C)C(C)C. The van der Waals surface area contributed by atoms with Crippen LogP contribution >= 0.6 is 11.6 Å². The van der Waals surface area contributed by atoms with Crippen LogP contribution in [0.3, 0.4) is 0 Å². The zero-order chi connectivity index (χ0) is 18.4. The van der Waals surface area contributed by atoms with E-state index in [9.17, 15) is 4.79 Å². The molecule has 0 unspecified atom stereocenters. The minimum absolute atomic E-state index is 0.161. The second kappa shape index (κ2) is 6.49. The van der Waals surface area contributed by atoms with Crippen molar-refractivity contribution in [2.45, 2.75) is 78.4 Å². The van der Waals surface area contributed by atoms with Crippen molar-refractivity contribution < 1.29 is 9.22 Å². The van der Waals surface area contributed by atoms with Crippen molar-refractivity contribution in [2.75, 3.05) is 0 Å². The fourth-order valence-electron chi connectivity index (χ4n) is 4.51. The third-order valence-corrected chi connectivity index (χ3v) is 12.0. The Morgan fingerprint density at radius 2 is 1.54 bits per heavy atom. The number of halogens is 1. The van der Waals surface area contributed by atoms with Gasteiger partial charge in [-0.1, -0.05) is 67.0 Å². The fraction of sp³-hybridized carbons (Fsp3) is 0.650. The molecule has 2 nitrogen and oxygen atoms in total. The van der Waals surface area contributed by atoms with Crippen molar-refractivity contribution in [2.24, 2.45) is 5.41 Å². The lowest BCUT2D eigenvalue weighted by Crippen LogP contribution is -2.51. The van der Waals surface area contributed by atoms with Crippen LogP contribution in [-0.4, -0.2) is 14.1 Å². The first-order valence-electron chi connectivity index (χ1n) is 9.00. The summed E-state index contributed by atoms with van der Waals surface area (Å²) >= 11 is 6.40. The molecular formula is C20H31ClO2Si. The van der Waals surface area contributed by atoms with Gasteiger partial charge in [-0.25, -0.2) is 0 Å². The molecule has 1 aromatic carbocycles. The highest BCUT2D eigenvalue weighted by atomic mass is 35.5. The summed E-state index contributed by atoms with van der Waals surface area (Å²) in [5.74, 6) is 0.918. The largest absolute Gasteiger partial charge is 0.542 e. The predicted molar refractivity (Wildman–Crippen MR) is 105 cm³/mol. The van der Waals surface area contributed by atoms with Crippen LogP contribution in [0.2, 0.25) is 21.6 Å². The van der Waals surface area contributed by atoms with Gasteiger partial charge in [-0.05, 0) is 40.7 Å². The van der Waals surface area contributed by atoms with Gasteiger partial charge in [-0.3, -0.25) is 4.79 Å². The summed E-state index contributed by atoms with van der Waals surface area (Å²) in [7, 11) is -2.10. The number of Topliss-reactive ketones (excluding diaryl/α,β-unsaturated/α-hetero) is 1. The second-order valence-electron chi connectivity index (χ2n) is 8.71. The van der Waals surface area contributed by atoms with Crippen molar-refractivity contribution in [1.82, 2.24) is 0 Å². The minimum atomic E-state index is -2.10. The van der Waals surface area contributed by atoms with Crippen LogP contribution < -0.4 is 4.43 Å². The van der Waals surface area contributed by atoms with E-state index < -0.39 is 13.7 Å². The number of ketones is 1. The van der Waals surface area contributed by atoms with E-state index in [1.165, 1.54) is 0 Å². The van der Waals surface area contributed by atoms with Crippen LogP contribution in [0.1, 0.15) is 71.3 Å². The minimum Gasteiger partial charge on any atom is -0.542 e. The molecule has 1 aliphatic rings. The molecule has 4 heteroatoms. The molecule has 0 amide bonds. The Labute approximate surface area is 153 Å². The van der Waals surface area contributed by atoms with E-state index in [4.69, 9.17) is 16.0 Å². The Bertz CT molecular complexity index is 626. The molecule has 0 fully saturated rings. The molecule has 0 aromatic heterocycles. The maximum Gasteiger partial charge on any atom is 0.258 e. The molecule has 0 saturated heterocycles. The zero-order valence-electron chi connectivity index (χ0n) is 16.3. The van der Waals surface area contributed by atoms with Crippen LogP contribution in [0.25, 0.3) is 0 Å². The lowest BCUT2D eigenvalue weighted by molar-refractivity contribution is 0.0862. The number of fused-ring (bicyclic) bond motifs is 1. The molecule has 0 aliphatic heterocycles. The first kappa shape index (κ1) is 19.5. The maximum atomic E-state index is 13.0. The standard InChI is InChI=1S/C20H31ClO2Si/c1-12(2)24(13(3)4,14(5)6)23-17-10-9-16(21)15-11-20(7,8)19(22)18(15)17/h9-10,12-14H,11H2,1-8H3. The molecular weight excluding hydrogens is 336 g/mol. The predicted octanol–water partition coefficient (Wildman–Crippen LogP) is 6.66. The van der Waals surface area contributed by atoms with Gasteiger partial charge in [0.05, 0.1) is 5.56 Å².